The van der Waals surface area contributed by atoms with E-state index in [1.165, 1.54) is 19.3 Å². The van der Waals surface area contributed by atoms with Gasteiger partial charge in [0, 0.05) is 19.1 Å². The third-order valence-electron chi connectivity index (χ3n) is 3.26. The van der Waals surface area contributed by atoms with Crippen molar-refractivity contribution in [1.82, 2.24) is 5.32 Å². The van der Waals surface area contributed by atoms with Crippen molar-refractivity contribution in [3.05, 3.63) is 24.2 Å². The zero-order valence-corrected chi connectivity index (χ0v) is 9.95. The molecule has 1 aliphatic rings. The summed E-state index contributed by atoms with van der Waals surface area (Å²) in [6.07, 6.45) is 7.93. The van der Waals surface area contributed by atoms with Gasteiger partial charge in [-0.2, -0.15) is 0 Å². The zero-order valence-electron chi connectivity index (χ0n) is 9.95. The summed E-state index contributed by atoms with van der Waals surface area (Å²) in [5, 5.41) is 3.35. The number of rotatable bonds is 5. The fraction of sp³-hybridized carbons (Fsp3) is 0.692. The first kappa shape index (κ1) is 11.7. The Balaban J connectivity index is 1.80. The van der Waals surface area contributed by atoms with E-state index in [1.807, 2.05) is 19.2 Å². The number of likely N-dealkylation sites (N-methyl/N-ethyl adjacent to an activating group) is 1. The summed E-state index contributed by atoms with van der Waals surface area (Å²) in [4.78, 5) is 0. The van der Waals surface area contributed by atoms with E-state index in [2.05, 4.69) is 5.32 Å². The fourth-order valence-corrected chi connectivity index (χ4v) is 2.29. The summed E-state index contributed by atoms with van der Waals surface area (Å²) in [6, 6.07) is 4.43. The van der Waals surface area contributed by atoms with Crippen molar-refractivity contribution >= 4 is 0 Å². The molecule has 3 nitrogen and oxygen atoms in total. The lowest BCUT2D eigenvalue weighted by atomic mass is 9.99. The number of ether oxygens (including phenoxy) is 1. The number of nitrogens with one attached hydrogen (secondary N) is 1. The van der Waals surface area contributed by atoms with Crippen LogP contribution in [-0.2, 0) is 11.2 Å². The van der Waals surface area contributed by atoms with Gasteiger partial charge in [0.25, 0.3) is 0 Å². The van der Waals surface area contributed by atoms with Gasteiger partial charge in [0.15, 0.2) is 0 Å². The fourth-order valence-electron chi connectivity index (χ4n) is 2.29. The molecule has 90 valence electrons. The minimum absolute atomic E-state index is 0.432. The van der Waals surface area contributed by atoms with Crippen molar-refractivity contribution < 1.29 is 9.15 Å². The predicted octanol–water partition coefficient (Wildman–Crippen LogP) is 2.37. The maximum absolute atomic E-state index is 5.76. The average Bonchev–Trinajstić information content (AvgIpc) is 2.82. The molecule has 0 bridgehead atoms. The molecule has 0 saturated carbocycles. The van der Waals surface area contributed by atoms with E-state index in [9.17, 15) is 0 Å². The van der Waals surface area contributed by atoms with Crippen molar-refractivity contribution in [2.75, 3.05) is 13.7 Å². The molecule has 1 aromatic heterocycles. The maximum Gasteiger partial charge on any atom is 0.105 e. The molecule has 2 unspecified atom stereocenters. The minimum Gasteiger partial charge on any atom is -0.469 e. The minimum atomic E-state index is 0.432. The first-order chi connectivity index (χ1) is 7.88. The van der Waals surface area contributed by atoms with Crippen LogP contribution in [-0.4, -0.2) is 25.8 Å². The van der Waals surface area contributed by atoms with E-state index >= 15 is 0 Å². The lowest BCUT2D eigenvalue weighted by molar-refractivity contribution is 0.00543. The smallest absolute Gasteiger partial charge is 0.105 e. The van der Waals surface area contributed by atoms with Crippen molar-refractivity contribution in [1.29, 1.82) is 0 Å². The lowest BCUT2D eigenvalue weighted by Crippen LogP contribution is -2.34. The SMILES string of the molecule is CNC(Cc1ccco1)CC1CCCCO1. The highest BCUT2D eigenvalue weighted by molar-refractivity contribution is 5.00. The average molecular weight is 223 g/mol. The lowest BCUT2D eigenvalue weighted by Gasteiger charge is -2.26. The second-order valence-electron chi connectivity index (χ2n) is 4.49. The van der Waals surface area contributed by atoms with E-state index in [4.69, 9.17) is 9.15 Å². The van der Waals surface area contributed by atoms with Crippen molar-refractivity contribution in [3.8, 4) is 0 Å². The van der Waals surface area contributed by atoms with E-state index < -0.39 is 0 Å². The highest BCUT2D eigenvalue weighted by atomic mass is 16.5. The normalized spacial score (nSPS) is 23.2. The first-order valence-corrected chi connectivity index (χ1v) is 6.19. The molecule has 0 aliphatic carbocycles. The van der Waals surface area contributed by atoms with E-state index in [-0.39, 0.29) is 0 Å². The van der Waals surface area contributed by atoms with E-state index in [1.54, 1.807) is 6.26 Å². The maximum atomic E-state index is 5.76. The number of furan rings is 1. The molecule has 1 saturated heterocycles. The molecule has 1 fully saturated rings. The summed E-state index contributed by atoms with van der Waals surface area (Å²) < 4.78 is 11.1. The van der Waals surface area contributed by atoms with Gasteiger partial charge in [0.05, 0.1) is 12.4 Å². The van der Waals surface area contributed by atoms with Crippen LogP contribution in [0.3, 0.4) is 0 Å². The molecule has 0 aromatic carbocycles. The monoisotopic (exact) mass is 223 g/mol. The summed E-state index contributed by atoms with van der Waals surface area (Å²) in [5.74, 6) is 1.05. The quantitative estimate of drug-likeness (QED) is 0.832. The summed E-state index contributed by atoms with van der Waals surface area (Å²) in [7, 11) is 2.01. The van der Waals surface area contributed by atoms with Crippen LogP contribution < -0.4 is 5.32 Å². The molecule has 0 radical (unpaired) electrons. The Labute approximate surface area is 97.2 Å². The number of hydrogen-bond acceptors (Lipinski definition) is 3. The predicted molar refractivity (Wildman–Crippen MR) is 63.5 cm³/mol. The van der Waals surface area contributed by atoms with Crippen LogP contribution >= 0.6 is 0 Å². The molecule has 1 N–H and O–H groups in total. The Morgan fingerprint density at radius 1 is 1.50 bits per heavy atom. The highest BCUT2D eigenvalue weighted by Gasteiger charge is 2.19. The van der Waals surface area contributed by atoms with Crippen LogP contribution in [0.4, 0.5) is 0 Å². The molecule has 2 rings (SSSR count). The van der Waals surface area contributed by atoms with Crippen LogP contribution in [0.1, 0.15) is 31.4 Å². The van der Waals surface area contributed by atoms with Crippen molar-refractivity contribution in [2.24, 2.45) is 0 Å². The molecule has 0 amide bonds. The Kier molecular flexibility index (Phi) is 4.43. The standard InChI is InChI=1S/C13H21NO2/c1-14-11(10-13-6-4-8-16-13)9-12-5-2-3-7-15-12/h4,6,8,11-12,14H,2-3,5,7,9-10H2,1H3. The van der Waals surface area contributed by atoms with Crippen LogP contribution in [0.5, 0.6) is 0 Å². The molecule has 2 atom stereocenters. The highest BCUT2D eigenvalue weighted by Crippen LogP contribution is 2.18. The Hall–Kier alpha value is -0.800. The molecule has 1 aliphatic heterocycles. The van der Waals surface area contributed by atoms with Crippen molar-refractivity contribution in [2.45, 2.75) is 44.2 Å². The van der Waals surface area contributed by atoms with Gasteiger partial charge in [-0.05, 0) is 44.9 Å². The summed E-state index contributed by atoms with van der Waals surface area (Å²) in [6.45, 7) is 0.932. The Morgan fingerprint density at radius 2 is 2.44 bits per heavy atom. The Bertz CT molecular complexity index is 278. The van der Waals surface area contributed by atoms with Gasteiger partial charge >= 0.3 is 0 Å². The van der Waals surface area contributed by atoms with Crippen molar-refractivity contribution in [3.63, 3.8) is 0 Å². The van der Waals surface area contributed by atoms with Gasteiger partial charge in [0.2, 0.25) is 0 Å². The van der Waals surface area contributed by atoms with Gasteiger partial charge in [-0.25, -0.2) is 0 Å². The third kappa shape index (κ3) is 3.35. The van der Waals surface area contributed by atoms with Crippen LogP contribution in [0, 0.1) is 0 Å². The second-order valence-corrected chi connectivity index (χ2v) is 4.49. The second kappa shape index (κ2) is 6.06. The number of hydrogen-bond donors (Lipinski definition) is 1. The van der Waals surface area contributed by atoms with Gasteiger partial charge < -0.3 is 14.5 Å². The van der Waals surface area contributed by atoms with Gasteiger partial charge in [-0.1, -0.05) is 0 Å². The molecule has 0 spiro atoms. The first-order valence-electron chi connectivity index (χ1n) is 6.19. The summed E-state index contributed by atoms with van der Waals surface area (Å²) in [5.41, 5.74) is 0. The largest absolute Gasteiger partial charge is 0.469 e. The van der Waals surface area contributed by atoms with Crippen LogP contribution in [0.2, 0.25) is 0 Å². The molecule has 2 heterocycles. The Morgan fingerprint density at radius 3 is 3.06 bits per heavy atom. The topological polar surface area (TPSA) is 34.4 Å². The van der Waals surface area contributed by atoms with Crippen LogP contribution in [0.15, 0.2) is 22.8 Å². The van der Waals surface area contributed by atoms with Gasteiger partial charge in [-0.15, -0.1) is 0 Å². The summed E-state index contributed by atoms with van der Waals surface area (Å²) >= 11 is 0. The zero-order chi connectivity index (χ0) is 11.2. The molecular formula is C13H21NO2. The molecule has 1 aromatic rings. The third-order valence-corrected chi connectivity index (χ3v) is 3.26. The van der Waals surface area contributed by atoms with Crippen LogP contribution in [0.25, 0.3) is 0 Å². The van der Waals surface area contributed by atoms with E-state index in [0.29, 0.717) is 12.1 Å². The van der Waals surface area contributed by atoms with E-state index in [0.717, 1.165) is 25.2 Å². The molecule has 16 heavy (non-hydrogen) atoms. The molecule has 3 heteroatoms. The van der Waals surface area contributed by atoms with Gasteiger partial charge in [-0.3, -0.25) is 0 Å². The van der Waals surface area contributed by atoms with Gasteiger partial charge in [0.1, 0.15) is 5.76 Å². The molecular weight excluding hydrogens is 202 g/mol.